The molecule has 20 heavy (non-hydrogen) atoms. The molecule has 1 aromatic heterocycles. The maximum Gasteiger partial charge on any atom is 0.128 e. The molecule has 0 saturated carbocycles. The van der Waals surface area contributed by atoms with Crippen LogP contribution < -0.4 is 4.90 Å². The van der Waals surface area contributed by atoms with E-state index in [1.54, 1.807) is 0 Å². The molecule has 3 heteroatoms. The molecule has 1 aliphatic heterocycles. The van der Waals surface area contributed by atoms with Gasteiger partial charge in [0.25, 0.3) is 0 Å². The van der Waals surface area contributed by atoms with Crippen molar-refractivity contribution in [3.63, 3.8) is 0 Å². The molecule has 0 aromatic carbocycles. The van der Waals surface area contributed by atoms with Gasteiger partial charge in [0.05, 0.1) is 0 Å². The molecule has 2 rings (SSSR count). The second kappa shape index (κ2) is 5.72. The number of pyridine rings is 1. The normalized spacial score (nSPS) is 22.0. The lowest BCUT2D eigenvalue weighted by Crippen LogP contribution is -2.34. The number of rotatable bonds is 3. The van der Waals surface area contributed by atoms with E-state index in [0.717, 1.165) is 12.4 Å². The van der Waals surface area contributed by atoms with Crippen molar-refractivity contribution in [1.82, 2.24) is 9.88 Å². The van der Waals surface area contributed by atoms with Crippen molar-refractivity contribution < 1.29 is 0 Å². The summed E-state index contributed by atoms with van der Waals surface area (Å²) < 4.78 is 0. The second-order valence-electron chi connectivity index (χ2n) is 7.35. The maximum absolute atomic E-state index is 4.69. The lowest BCUT2D eigenvalue weighted by Gasteiger charge is -2.29. The standard InChI is InChI=1S/C17H29N3/c1-13(17(2,3)4)14-7-8-16(18-11-14)20(6)15-9-10-19(5)12-15/h7-8,11,13,15H,9-10,12H2,1-6H3/t13-,15?/m1/s1. The molecule has 0 N–H and O–H groups in total. The van der Waals surface area contributed by atoms with Gasteiger partial charge >= 0.3 is 0 Å². The van der Waals surface area contributed by atoms with Gasteiger partial charge in [-0.15, -0.1) is 0 Å². The molecule has 0 bridgehead atoms. The third-order valence-electron chi connectivity index (χ3n) is 4.85. The minimum Gasteiger partial charge on any atom is -0.355 e. The summed E-state index contributed by atoms with van der Waals surface area (Å²) >= 11 is 0. The van der Waals surface area contributed by atoms with E-state index >= 15 is 0 Å². The van der Waals surface area contributed by atoms with Gasteiger partial charge in [-0.1, -0.05) is 33.8 Å². The summed E-state index contributed by atoms with van der Waals surface area (Å²) in [5.41, 5.74) is 1.61. The van der Waals surface area contributed by atoms with Crippen LogP contribution in [0.25, 0.3) is 0 Å². The quantitative estimate of drug-likeness (QED) is 0.843. The highest BCUT2D eigenvalue weighted by molar-refractivity contribution is 5.40. The summed E-state index contributed by atoms with van der Waals surface area (Å²) in [7, 11) is 4.36. The number of hydrogen-bond donors (Lipinski definition) is 0. The van der Waals surface area contributed by atoms with Crippen LogP contribution in [0.1, 0.15) is 45.6 Å². The van der Waals surface area contributed by atoms with Gasteiger partial charge < -0.3 is 9.80 Å². The third-order valence-corrected chi connectivity index (χ3v) is 4.85. The second-order valence-corrected chi connectivity index (χ2v) is 7.35. The Morgan fingerprint density at radius 3 is 2.50 bits per heavy atom. The zero-order valence-electron chi connectivity index (χ0n) is 13.8. The summed E-state index contributed by atoms with van der Waals surface area (Å²) in [6, 6.07) is 5.02. The molecule has 0 amide bonds. The first kappa shape index (κ1) is 15.3. The molecule has 1 aromatic rings. The topological polar surface area (TPSA) is 19.4 Å². The van der Waals surface area contributed by atoms with E-state index in [-0.39, 0.29) is 5.41 Å². The monoisotopic (exact) mass is 275 g/mol. The van der Waals surface area contributed by atoms with Crippen LogP contribution >= 0.6 is 0 Å². The molecule has 0 aliphatic carbocycles. The number of likely N-dealkylation sites (tertiary alicyclic amines) is 1. The Balaban J connectivity index is 2.08. The summed E-state index contributed by atoms with van der Waals surface area (Å²) in [6.07, 6.45) is 3.29. The first-order chi connectivity index (χ1) is 9.29. The van der Waals surface area contributed by atoms with E-state index < -0.39 is 0 Å². The number of nitrogens with zero attached hydrogens (tertiary/aromatic N) is 3. The summed E-state index contributed by atoms with van der Waals surface area (Å²) in [5.74, 6) is 1.61. The van der Waals surface area contributed by atoms with E-state index in [0.29, 0.717) is 12.0 Å². The Morgan fingerprint density at radius 1 is 1.35 bits per heavy atom. The van der Waals surface area contributed by atoms with Crippen molar-refractivity contribution >= 4 is 5.82 Å². The molecule has 1 fully saturated rings. The Hall–Kier alpha value is -1.09. The number of aromatic nitrogens is 1. The first-order valence-corrected chi connectivity index (χ1v) is 7.66. The van der Waals surface area contributed by atoms with Crippen molar-refractivity contribution in [2.75, 3.05) is 32.1 Å². The number of likely N-dealkylation sites (N-methyl/N-ethyl adjacent to an activating group) is 2. The highest BCUT2D eigenvalue weighted by atomic mass is 15.3. The van der Waals surface area contributed by atoms with Gasteiger partial charge in [-0.25, -0.2) is 4.98 Å². The van der Waals surface area contributed by atoms with Crippen molar-refractivity contribution in [2.45, 2.75) is 46.1 Å². The van der Waals surface area contributed by atoms with Crippen LogP contribution in [0.15, 0.2) is 18.3 Å². The van der Waals surface area contributed by atoms with Crippen molar-refractivity contribution in [1.29, 1.82) is 0 Å². The largest absolute Gasteiger partial charge is 0.355 e. The van der Waals surface area contributed by atoms with Gasteiger partial charge in [-0.2, -0.15) is 0 Å². The maximum atomic E-state index is 4.69. The molecule has 0 radical (unpaired) electrons. The molecule has 0 spiro atoms. The molecule has 3 nitrogen and oxygen atoms in total. The fourth-order valence-electron chi connectivity index (χ4n) is 2.78. The van der Waals surface area contributed by atoms with Gasteiger partial charge in [0, 0.05) is 25.8 Å². The van der Waals surface area contributed by atoms with Crippen LogP contribution in [0.4, 0.5) is 5.82 Å². The van der Waals surface area contributed by atoms with E-state index in [9.17, 15) is 0 Å². The Bertz CT molecular complexity index is 433. The molecular formula is C17H29N3. The average Bonchev–Trinajstić information content (AvgIpc) is 2.83. The minimum absolute atomic E-state index is 0.281. The fourth-order valence-corrected chi connectivity index (χ4v) is 2.78. The van der Waals surface area contributed by atoms with Crippen LogP contribution in [0.5, 0.6) is 0 Å². The zero-order chi connectivity index (χ0) is 14.9. The highest BCUT2D eigenvalue weighted by Gasteiger charge is 2.25. The molecule has 1 unspecified atom stereocenters. The molecule has 2 atom stereocenters. The van der Waals surface area contributed by atoms with E-state index in [1.165, 1.54) is 18.5 Å². The smallest absolute Gasteiger partial charge is 0.128 e. The van der Waals surface area contributed by atoms with E-state index in [4.69, 9.17) is 4.98 Å². The number of anilines is 1. The Labute approximate surface area is 124 Å². The van der Waals surface area contributed by atoms with Crippen LogP contribution in [0, 0.1) is 5.41 Å². The highest BCUT2D eigenvalue weighted by Crippen LogP contribution is 2.34. The first-order valence-electron chi connectivity index (χ1n) is 7.66. The van der Waals surface area contributed by atoms with Crippen LogP contribution in [-0.4, -0.2) is 43.1 Å². The third kappa shape index (κ3) is 3.32. The predicted molar refractivity (Wildman–Crippen MR) is 86.4 cm³/mol. The van der Waals surface area contributed by atoms with Crippen molar-refractivity contribution in [3.05, 3.63) is 23.9 Å². The summed E-state index contributed by atoms with van der Waals surface area (Å²) in [4.78, 5) is 9.40. The lowest BCUT2D eigenvalue weighted by molar-refractivity contribution is 0.339. The van der Waals surface area contributed by atoms with E-state index in [1.807, 2.05) is 0 Å². The molecule has 1 aliphatic rings. The molecule has 1 saturated heterocycles. The van der Waals surface area contributed by atoms with Gasteiger partial charge in [0.15, 0.2) is 0 Å². The van der Waals surface area contributed by atoms with Crippen LogP contribution in [-0.2, 0) is 0 Å². The van der Waals surface area contributed by atoms with Crippen LogP contribution in [0.2, 0.25) is 0 Å². The van der Waals surface area contributed by atoms with Gasteiger partial charge in [0.1, 0.15) is 5.82 Å². The van der Waals surface area contributed by atoms with Crippen LogP contribution in [0.3, 0.4) is 0 Å². The molecule has 2 heterocycles. The lowest BCUT2D eigenvalue weighted by atomic mass is 9.78. The van der Waals surface area contributed by atoms with Gasteiger partial charge in [-0.05, 0) is 43.0 Å². The Morgan fingerprint density at radius 2 is 2.05 bits per heavy atom. The van der Waals surface area contributed by atoms with Crippen molar-refractivity contribution in [2.24, 2.45) is 5.41 Å². The minimum atomic E-state index is 0.281. The average molecular weight is 275 g/mol. The van der Waals surface area contributed by atoms with Gasteiger partial charge in [-0.3, -0.25) is 0 Å². The Kier molecular flexibility index (Phi) is 4.38. The molecule has 112 valence electrons. The SMILES string of the molecule is C[C@H](c1ccc(N(C)C2CCN(C)C2)nc1)C(C)(C)C. The van der Waals surface area contributed by atoms with E-state index in [2.05, 4.69) is 69.9 Å². The fraction of sp³-hybridized carbons (Fsp3) is 0.706. The number of hydrogen-bond acceptors (Lipinski definition) is 3. The van der Waals surface area contributed by atoms with Gasteiger partial charge in [0.2, 0.25) is 0 Å². The zero-order valence-corrected chi connectivity index (χ0v) is 13.8. The molecular weight excluding hydrogens is 246 g/mol. The van der Waals surface area contributed by atoms with Crippen molar-refractivity contribution in [3.8, 4) is 0 Å². The predicted octanol–water partition coefficient (Wildman–Crippen LogP) is 3.37. The summed E-state index contributed by atoms with van der Waals surface area (Å²) in [5, 5.41) is 0. The summed E-state index contributed by atoms with van der Waals surface area (Å²) in [6.45, 7) is 11.5.